The van der Waals surface area contributed by atoms with Gasteiger partial charge in [0.1, 0.15) is 4.90 Å². The molecule has 19 heavy (non-hydrogen) atoms. The normalized spacial score (nSPS) is 12.0. The van der Waals surface area contributed by atoms with E-state index in [1.807, 2.05) is 0 Å². The van der Waals surface area contributed by atoms with E-state index in [1.54, 1.807) is 16.6 Å². The van der Waals surface area contributed by atoms with Crippen molar-refractivity contribution in [2.75, 3.05) is 13.1 Å². The highest BCUT2D eigenvalue weighted by atomic mass is 79.9. The van der Waals surface area contributed by atoms with Crippen LogP contribution in [0, 0.1) is 0 Å². The summed E-state index contributed by atoms with van der Waals surface area (Å²) in [7, 11) is -3.43. The van der Waals surface area contributed by atoms with Crippen LogP contribution < -0.4 is 0 Å². The smallest absolute Gasteiger partial charge is 0.244 e. The minimum absolute atomic E-state index is 0.258. The zero-order valence-electron chi connectivity index (χ0n) is 11.5. The highest BCUT2D eigenvalue weighted by Gasteiger charge is 2.23. The van der Waals surface area contributed by atoms with Gasteiger partial charge in [-0.3, -0.25) is 4.98 Å². The molecule has 1 aromatic heterocycles. The number of unbranched alkanes of at least 4 members (excludes halogenated alkanes) is 2. The lowest BCUT2D eigenvalue weighted by molar-refractivity contribution is 0.395. The third-order valence-corrected chi connectivity index (χ3v) is 5.14. The summed E-state index contributed by atoms with van der Waals surface area (Å²) in [6.07, 6.45) is 6.71. The van der Waals surface area contributed by atoms with E-state index >= 15 is 0 Å². The Morgan fingerprint density at radius 3 is 2.21 bits per heavy atom. The third-order valence-electron chi connectivity index (χ3n) is 2.84. The highest BCUT2D eigenvalue weighted by molar-refractivity contribution is 9.10. The molecule has 0 aromatic carbocycles. The maximum atomic E-state index is 12.6. The van der Waals surface area contributed by atoms with E-state index < -0.39 is 10.0 Å². The molecular formula is C13H21BrN2O2S. The molecule has 0 fully saturated rings. The van der Waals surface area contributed by atoms with Crippen LogP contribution >= 0.6 is 15.9 Å². The first-order valence-electron chi connectivity index (χ1n) is 6.63. The molecule has 1 rings (SSSR count). The quantitative estimate of drug-likeness (QED) is 0.722. The molecule has 0 amide bonds. The summed E-state index contributed by atoms with van der Waals surface area (Å²) in [6, 6.07) is 1.60. The number of rotatable bonds is 8. The Balaban J connectivity index is 2.97. The predicted octanol–water partition coefficient (Wildman–Crippen LogP) is 3.44. The zero-order valence-corrected chi connectivity index (χ0v) is 13.9. The van der Waals surface area contributed by atoms with Crippen LogP contribution in [0.1, 0.15) is 39.5 Å². The average molecular weight is 349 g/mol. The van der Waals surface area contributed by atoms with Crippen molar-refractivity contribution in [1.82, 2.24) is 9.29 Å². The van der Waals surface area contributed by atoms with Gasteiger partial charge in [0.15, 0.2) is 0 Å². The van der Waals surface area contributed by atoms with Gasteiger partial charge in [-0.15, -0.1) is 0 Å². The molecule has 0 bridgehead atoms. The monoisotopic (exact) mass is 348 g/mol. The van der Waals surface area contributed by atoms with Crippen LogP contribution in [0.25, 0.3) is 0 Å². The number of sulfonamides is 1. The van der Waals surface area contributed by atoms with Crippen molar-refractivity contribution in [1.29, 1.82) is 0 Å². The van der Waals surface area contributed by atoms with E-state index in [0.717, 1.165) is 25.7 Å². The van der Waals surface area contributed by atoms with Gasteiger partial charge in [0.25, 0.3) is 0 Å². The zero-order chi connectivity index (χ0) is 14.3. The highest BCUT2D eigenvalue weighted by Crippen LogP contribution is 2.19. The number of hydrogen-bond donors (Lipinski definition) is 0. The summed E-state index contributed by atoms with van der Waals surface area (Å²) in [5.41, 5.74) is 0. The Bertz CT molecular complexity index is 483. The van der Waals surface area contributed by atoms with Gasteiger partial charge in [-0.25, -0.2) is 8.42 Å². The molecule has 1 heterocycles. The van der Waals surface area contributed by atoms with Crippen molar-refractivity contribution < 1.29 is 8.42 Å². The SMILES string of the molecule is CCCCN(CCCC)S(=O)(=O)c1cncc(Br)c1. The number of halogens is 1. The van der Waals surface area contributed by atoms with E-state index in [1.165, 1.54) is 6.20 Å². The number of hydrogen-bond acceptors (Lipinski definition) is 3. The second kappa shape index (κ2) is 7.97. The van der Waals surface area contributed by atoms with Crippen molar-refractivity contribution in [2.45, 2.75) is 44.4 Å². The van der Waals surface area contributed by atoms with Crippen molar-refractivity contribution in [3.63, 3.8) is 0 Å². The van der Waals surface area contributed by atoms with Crippen LogP contribution in [0.3, 0.4) is 0 Å². The van der Waals surface area contributed by atoms with E-state index in [0.29, 0.717) is 17.6 Å². The summed E-state index contributed by atoms with van der Waals surface area (Å²) in [4.78, 5) is 4.20. The molecule has 1 aromatic rings. The maximum Gasteiger partial charge on any atom is 0.244 e. The molecule has 0 unspecified atom stereocenters. The van der Waals surface area contributed by atoms with Crippen LogP contribution in [-0.4, -0.2) is 30.8 Å². The Kier molecular flexibility index (Phi) is 6.96. The van der Waals surface area contributed by atoms with Gasteiger partial charge in [-0.05, 0) is 34.8 Å². The third kappa shape index (κ3) is 4.85. The Hall–Kier alpha value is -0.460. The Labute approximate surface area is 124 Å². The molecule has 4 nitrogen and oxygen atoms in total. The van der Waals surface area contributed by atoms with E-state index in [-0.39, 0.29) is 4.90 Å². The van der Waals surface area contributed by atoms with Crippen LogP contribution in [0.2, 0.25) is 0 Å². The molecule has 0 radical (unpaired) electrons. The molecule has 0 atom stereocenters. The second-order valence-corrected chi connectivity index (χ2v) is 7.30. The van der Waals surface area contributed by atoms with Gasteiger partial charge < -0.3 is 0 Å². The maximum absolute atomic E-state index is 12.6. The van der Waals surface area contributed by atoms with Crippen molar-refractivity contribution in [2.24, 2.45) is 0 Å². The summed E-state index contributed by atoms with van der Waals surface area (Å²) in [6.45, 7) is 5.27. The van der Waals surface area contributed by atoms with Crippen LogP contribution in [0.15, 0.2) is 27.8 Å². The van der Waals surface area contributed by atoms with Gasteiger partial charge in [-0.2, -0.15) is 4.31 Å². The average Bonchev–Trinajstić information content (AvgIpc) is 2.38. The molecule has 0 saturated heterocycles. The lowest BCUT2D eigenvalue weighted by Crippen LogP contribution is -2.33. The van der Waals surface area contributed by atoms with Crippen molar-refractivity contribution in [3.8, 4) is 0 Å². The fourth-order valence-electron chi connectivity index (χ4n) is 1.70. The van der Waals surface area contributed by atoms with Gasteiger partial charge >= 0.3 is 0 Å². The summed E-state index contributed by atoms with van der Waals surface area (Å²) < 4.78 is 27.4. The predicted molar refractivity (Wildman–Crippen MR) is 80.5 cm³/mol. The molecule has 0 aliphatic rings. The van der Waals surface area contributed by atoms with Crippen LogP contribution in [0.4, 0.5) is 0 Å². The molecule has 108 valence electrons. The molecule has 0 spiro atoms. The summed E-state index contributed by atoms with van der Waals surface area (Å²) >= 11 is 3.26. The standard InChI is InChI=1S/C13H21BrN2O2S/c1-3-5-7-16(8-6-4-2)19(17,18)13-9-12(14)10-15-11-13/h9-11H,3-8H2,1-2H3. The Morgan fingerprint density at radius 1 is 1.16 bits per heavy atom. The van der Waals surface area contributed by atoms with Crippen LogP contribution in [0.5, 0.6) is 0 Å². The first-order chi connectivity index (χ1) is 9.02. The lowest BCUT2D eigenvalue weighted by Gasteiger charge is -2.21. The van der Waals surface area contributed by atoms with Gasteiger partial charge in [0, 0.05) is 30.0 Å². The van der Waals surface area contributed by atoms with E-state index in [4.69, 9.17) is 0 Å². The fraction of sp³-hybridized carbons (Fsp3) is 0.615. The van der Waals surface area contributed by atoms with Crippen molar-refractivity contribution >= 4 is 26.0 Å². The summed E-state index contributed by atoms with van der Waals surface area (Å²) in [5, 5.41) is 0. The topological polar surface area (TPSA) is 50.3 Å². The second-order valence-electron chi connectivity index (χ2n) is 4.45. The number of pyridine rings is 1. The minimum atomic E-state index is -3.43. The molecule has 0 aliphatic heterocycles. The molecule has 0 N–H and O–H groups in total. The van der Waals surface area contributed by atoms with Crippen molar-refractivity contribution in [3.05, 3.63) is 22.9 Å². The Morgan fingerprint density at radius 2 is 1.74 bits per heavy atom. The largest absolute Gasteiger partial charge is 0.262 e. The minimum Gasteiger partial charge on any atom is -0.262 e. The van der Waals surface area contributed by atoms with E-state index in [2.05, 4.69) is 34.8 Å². The molecule has 0 saturated carbocycles. The molecule has 6 heteroatoms. The lowest BCUT2D eigenvalue weighted by atomic mass is 10.3. The molecular weight excluding hydrogens is 328 g/mol. The fourth-order valence-corrected chi connectivity index (χ4v) is 3.73. The van der Waals surface area contributed by atoms with E-state index in [9.17, 15) is 8.42 Å². The van der Waals surface area contributed by atoms with Gasteiger partial charge in [0.2, 0.25) is 10.0 Å². The van der Waals surface area contributed by atoms with Crippen LogP contribution in [-0.2, 0) is 10.0 Å². The summed E-state index contributed by atoms with van der Waals surface area (Å²) in [5.74, 6) is 0. The van der Waals surface area contributed by atoms with Gasteiger partial charge in [0.05, 0.1) is 0 Å². The number of nitrogens with zero attached hydrogens (tertiary/aromatic N) is 2. The first-order valence-corrected chi connectivity index (χ1v) is 8.86. The molecule has 0 aliphatic carbocycles. The number of aromatic nitrogens is 1. The van der Waals surface area contributed by atoms with Gasteiger partial charge in [-0.1, -0.05) is 26.7 Å². The first kappa shape index (κ1) is 16.6.